The van der Waals surface area contributed by atoms with Crippen molar-refractivity contribution in [2.24, 2.45) is 11.8 Å². The second-order valence-electron chi connectivity index (χ2n) is 9.26. The molecule has 0 saturated heterocycles. The van der Waals surface area contributed by atoms with Gasteiger partial charge in [-0.2, -0.15) is 0 Å². The molecule has 0 saturated carbocycles. The molecule has 0 aromatic rings. The molecule has 0 aromatic heterocycles. The summed E-state index contributed by atoms with van der Waals surface area (Å²) < 4.78 is 16.4. The van der Waals surface area contributed by atoms with E-state index in [0.717, 1.165) is 0 Å². The van der Waals surface area contributed by atoms with Crippen LogP contribution in [0.1, 0.15) is 82.1 Å². The summed E-state index contributed by atoms with van der Waals surface area (Å²) in [7, 11) is 0. The highest BCUT2D eigenvalue weighted by atomic mass is 16.7. The lowest BCUT2D eigenvalue weighted by Gasteiger charge is -2.36. The minimum atomic E-state index is -1.34. The van der Waals surface area contributed by atoms with E-state index in [4.69, 9.17) is 14.2 Å². The summed E-state index contributed by atoms with van der Waals surface area (Å²) in [6.07, 6.45) is -0.0618. The lowest BCUT2D eigenvalue weighted by Crippen LogP contribution is -2.49. The first-order chi connectivity index (χ1) is 10.6. The van der Waals surface area contributed by atoms with Gasteiger partial charge < -0.3 is 14.2 Å². The third-order valence-electron chi connectivity index (χ3n) is 2.92. The highest BCUT2D eigenvalue weighted by Crippen LogP contribution is 2.33. The SMILES string of the molecule is CC(C)CC(CC(C)C)(OC(=O)OC(C)(C)C)C(=O)OC(C)(C)C. The minimum Gasteiger partial charge on any atom is -0.457 e. The Balaban J connectivity index is 5.65. The maximum atomic E-state index is 12.9. The molecular weight excluding hydrogens is 308 g/mol. The third kappa shape index (κ3) is 9.14. The quantitative estimate of drug-likeness (QED) is 0.626. The van der Waals surface area contributed by atoms with Crippen LogP contribution in [0.5, 0.6) is 0 Å². The Morgan fingerprint density at radius 2 is 1.08 bits per heavy atom. The van der Waals surface area contributed by atoms with E-state index >= 15 is 0 Å². The predicted molar refractivity (Wildman–Crippen MR) is 94.8 cm³/mol. The van der Waals surface area contributed by atoms with E-state index in [1.54, 1.807) is 41.5 Å². The Kier molecular flexibility index (Phi) is 7.78. The summed E-state index contributed by atoms with van der Waals surface area (Å²) in [5, 5.41) is 0. The molecule has 0 bridgehead atoms. The standard InChI is InChI=1S/C19H36O5/c1-13(2)11-19(12-14(3)4,15(20)22-17(5,6)7)24-16(21)23-18(8,9)10/h13-14H,11-12H2,1-10H3. The molecule has 5 nitrogen and oxygen atoms in total. The molecule has 142 valence electrons. The highest BCUT2D eigenvalue weighted by Gasteiger charge is 2.47. The number of carbonyl (C=O) groups is 2. The van der Waals surface area contributed by atoms with E-state index in [0.29, 0.717) is 12.8 Å². The number of ether oxygens (including phenoxy) is 3. The summed E-state index contributed by atoms with van der Waals surface area (Å²) in [4.78, 5) is 25.2. The molecule has 0 atom stereocenters. The number of carbonyl (C=O) groups excluding carboxylic acids is 2. The summed E-state index contributed by atoms with van der Waals surface area (Å²) in [5.41, 5.74) is -2.68. The van der Waals surface area contributed by atoms with Crippen LogP contribution >= 0.6 is 0 Å². The van der Waals surface area contributed by atoms with Gasteiger partial charge in [0.05, 0.1) is 0 Å². The Bertz CT molecular complexity index is 414. The van der Waals surface area contributed by atoms with Gasteiger partial charge in [0.15, 0.2) is 0 Å². The van der Waals surface area contributed by atoms with Crippen LogP contribution in [0, 0.1) is 11.8 Å². The fourth-order valence-corrected chi connectivity index (χ4v) is 2.50. The summed E-state index contributed by atoms with van der Waals surface area (Å²) >= 11 is 0. The van der Waals surface area contributed by atoms with E-state index in [1.807, 2.05) is 27.7 Å². The van der Waals surface area contributed by atoms with Crippen LogP contribution in [0.4, 0.5) is 4.79 Å². The van der Waals surface area contributed by atoms with Crippen LogP contribution in [0.2, 0.25) is 0 Å². The van der Waals surface area contributed by atoms with Crippen LogP contribution in [-0.2, 0) is 19.0 Å². The molecule has 0 aliphatic heterocycles. The molecular formula is C19H36O5. The van der Waals surface area contributed by atoms with E-state index < -0.39 is 28.9 Å². The molecule has 0 aromatic carbocycles. The fraction of sp³-hybridized carbons (Fsp3) is 0.895. The zero-order valence-electron chi connectivity index (χ0n) is 17.1. The van der Waals surface area contributed by atoms with Crippen LogP contribution < -0.4 is 0 Å². The van der Waals surface area contributed by atoms with Gasteiger partial charge in [0.1, 0.15) is 11.2 Å². The highest BCUT2D eigenvalue weighted by molar-refractivity contribution is 5.82. The average Bonchev–Trinajstić information content (AvgIpc) is 2.20. The summed E-state index contributed by atoms with van der Waals surface area (Å²) in [5.74, 6) is -0.208. The predicted octanol–water partition coefficient (Wildman–Crippen LogP) is 5.11. The van der Waals surface area contributed by atoms with Crippen molar-refractivity contribution in [2.45, 2.75) is 98.9 Å². The van der Waals surface area contributed by atoms with Crippen molar-refractivity contribution < 1.29 is 23.8 Å². The molecule has 0 aliphatic carbocycles. The maximum Gasteiger partial charge on any atom is 0.509 e. The minimum absolute atomic E-state index is 0.152. The van der Waals surface area contributed by atoms with E-state index in [2.05, 4.69) is 0 Å². The van der Waals surface area contributed by atoms with Crippen molar-refractivity contribution in [3.05, 3.63) is 0 Å². The van der Waals surface area contributed by atoms with Gasteiger partial charge in [-0.1, -0.05) is 27.7 Å². The lowest BCUT2D eigenvalue weighted by molar-refractivity contribution is -0.185. The summed E-state index contributed by atoms with van der Waals surface area (Å²) in [6.45, 7) is 18.6. The number of esters is 1. The van der Waals surface area contributed by atoms with Gasteiger partial charge in [-0.25, -0.2) is 9.59 Å². The largest absolute Gasteiger partial charge is 0.509 e. The normalized spacial score (nSPS) is 13.2. The van der Waals surface area contributed by atoms with Crippen LogP contribution in [-0.4, -0.2) is 28.9 Å². The number of rotatable bonds is 6. The van der Waals surface area contributed by atoms with Crippen molar-refractivity contribution in [1.82, 2.24) is 0 Å². The topological polar surface area (TPSA) is 61.8 Å². The van der Waals surface area contributed by atoms with Crippen LogP contribution in [0.15, 0.2) is 0 Å². The molecule has 5 heteroatoms. The van der Waals surface area contributed by atoms with Crippen LogP contribution in [0.25, 0.3) is 0 Å². The van der Waals surface area contributed by atoms with Crippen molar-refractivity contribution in [2.75, 3.05) is 0 Å². The van der Waals surface area contributed by atoms with E-state index in [9.17, 15) is 9.59 Å². The Morgan fingerprint density at radius 3 is 1.38 bits per heavy atom. The molecule has 0 amide bonds. The average molecular weight is 344 g/mol. The summed E-state index contributed by atoms with van der Waals surface area (Å²) in [6, 6.07) is 0. The Labute approximate surface area is 147 Å². The first-order valence-corrected chi connectivity index (χ1v) is 8.72. The first-order valence-electron chi connectivity index (χ1n) is 8.72. The van der Waals surface area contributed by atoms with Crippen molar-refractivity contribution >= 4 is 12.1 Å². The number of hydrogen-bond acceptors (Lipinski definition) is 5. The Morgan fingerprint density at radius 1 is 0.708 bits per heavy atom. The fourth-order valence-electron chi connectivity index (χ4n) is 2.50. The van der Waals surface area contributed by atoms with Gasteiger partial charge >= 0.3 is 12.1 Å². The first kappa shape index (κ1) is 22.7. The van der Waals surface area contributed by atoms with Gasteiger partial charge in [-0.3, -0.25) is 0 Å². The zero-order chi connectivity index (χ0) is 19.3. The second kappa shape index (κ2) is 8.21. The second-order valence-corrected chi connectivity index (χ2v) is 9.26. The smallest absolute Gasteiger partial charge is 0.457 e. The molecule has 0 unspecified atom stereocenters. The van der Waals surface area contributed by atoms with Gasteiger partial charge in [0, 0.05) is 12.8 Å². The maximum absolute atomic E-state index is 12.9. The molecule has 0 heterocycles. The van der Waals surface area contributed by atoms with Crippen molar-refractivity contribution in [1.29, 1.82) is 0 Å². The third-order valence-corrected chi connectivity index (χ3v) is 2.92. The molecule has 0 aliphatic rings. The van der Waals surface area contributed by atoms with Gasteiger partial charge in [-0.05, 0) is 53.4 Å². The molecule has 0 fully saturated rings. The van der Waals surface area contributed by atoms with Crippen molar-refractivity contribution in [3.63, 3.8) is 0 Å². The molecule has 0 spiro atoms. The lowest BCUT2D eigenvalue weighted by atomic mass is 9.84. The zero-order valence-corrected chi connectivity index (χ0v) is 17.1. The molecule has 0 rings (SSSR count). The number of hydrogen-bond donors (Lipinski definition) is 0. The van der Waals surface area contributed by atoms with Gasteiger partial charge in [-0.15, -0.1) is 0 Å². The van der Waals surface area contributed by atoms with E-state index in [-0.39, 0.29) is 11.8 Å². The van der Waals surface area contributed by atoms with Gasteiger partial charge in [0.25, 0.3) is 0 Å². The molecule has 0 radical (unpaired) electrons. The van der Waals surface area contributed by atoms with E-state index in [1.165, 1.54) is 0 Å². The molecule has 24 heavy (non-hydrogen) atoms. The van der Waals surface area contributed by atoms with Crippen LogP contribution in [0.3, 0.4) is 0 Å². The van der Waals surface area contributed by atoms with Gasteiger partial charge in [0.2, 0.25) is 5.60 Å². The van der Waals surface area contributed by atoms with Crippen molar-refractivity contribution in [3.8, 4) is 0 Å². The monoisotopic (exact) mass is 344 g/mol. The molecule has 0 N–H and O–H groups in total. The Hall–Kier alpha value is -1.26.